The van der Waals surface area contributed by atoms with Crippen LogP contribution in [-0.2, 0) is 6.42 Å². The third-order valence-electron chi connectivity index (χ3n) is 4.97. The molecule has 1 atom stereocenters. The van der Waals surface area contributed by atoms with Crippen LogP contribution in [0.4, 0.5) is 0 Å². The standard InChI is InChI=1S/C24H30O2/c1-5-19-12-15-22(24(25)26)23(16-19)18(4)8-6-7-9-20-10-13-21(14-11-20)17(2)3/h7,9-18H,5-6,8H2,1-4H3,(H,25,26). The molecule has 0 aliphatic carbocycles. The molecule has 2 heteroatoms. The maximum absolute atomic E-state index is 11.5. The summed E-state index contributed by atoms with van der Waals surface area (Å²) in [4.78, 5) is 11.5. The third-order valence-corrected chi connectivity index (χ3v) is 4.97. The van der Waals surface area contributed by atoms with E-state index >= 15 is 0 Å². The topological polar surface area (TPSA) is 37.3 Å². The number of carbonyl (C=O) groups is 1. The van der Waals surface area contributed by atoms with Crippen LogP contribution in [0, 0.1) is 0 Å². The predicted octanol–water partition coefficient (Wildman–Crippen LogP) is 6.67. The number of carboxylic acid groups (broad SMARTS) is 1. The lowest BCUT2D eigenvalue weighted by Crippen LogP contribution is -2.06. The van der Waals surface area contributed by atoms with Gasteiger partial charge in [0, 0.05) is 0 Å². The van der Waals surface area contributed by atoms with Crippen LogP contribution < -0.4 is 0 Å². The first-order valence-corrected chi connectivity index (χ1v) is 9.55. The molecule has 1 N–H and O–H groups in total. The molecule has 0 spiro atoms. The van der Waals surface area contributed by atoms with Crippen LogP contribution >= 0.6 is 0 Å². The molecule has 0 aromatic heterocycles. The number of aryl methyl sites for hydroxylation is 1. The van der Waals surface area contributed by atoms with Gasteiger partial charge in [-0.25, -0.2) is 4.79 Å². The second-order valence-corrected chi connectivity index (χ2v) is 7.28. The van der Waals surface area contributed by atoms with E-state index in [-0.39, 0.29) is 5.92 Å². The van der Waals surface area contributed by atoms with Crippen molar-refractivity contribution in [2.75, 3.05) is 0 Å². The molecule has 0 saturated heterocycles. The second kappa shape index (κ2) is 9.38. The highest BCUT2D eigenvalue weighted by Gasteiger charge is 2.15. The van der Waals surface area contributed by atoms with Crippen LogP contribution in [0.1, 0.15) is 85.0 Å². The second-order valence-electron chi connectivity index (χ2n) is 7.28. The van der Waals surface area contributed by atoms with E-state index in [1.54, 1.807) is 6.07 Å². The first kappa shape index (κ1) is 20.0. The minimum atomic E-state index is -0.838. The molecule has 0 amide bonds. The summed E-state index contributed by atoms with van der Waals surface area (Å²) in [7, 11) is 0. The maximum atomic E-state index is 11.5. The minimum Gasteiger partial charge on any atom is -0.478 e. The molecule has 0 heterocycles. The summed E-state index contributed by atoms with van der Waals surface area (Å²) in [6.07, 6.45) is 7.13. The lowest BCUT2D eigenvalue weighted by Gasteiger charge is -2.15. The first-order valence-electron chi connectivity index (χ1n) is 9.55. The van der Waals surface area contributed by atoms with Gasteiger partial charge in [0.15, 0.2) is 0 Å². The summed E-state index contributed by atoms with van der Waals surface area (Å²) in [5.74, 6) is -0.0629. The molecule has 0 aliphatic heterocycles. The van der Waals surface area contributed by atoms with Gasteiger partial charge in [0.2, 0.25) is 0 Å². The average molecular weight is 351 g/mol. The molecule has 2 nitrogen and oxygen atoms in total. The molecule has 0 saturated carbocycles. The highest BCUT2D eigenvalue weighted by Crippen LogP contribution is 2.26. The molecule has 0 aliphatic rings. The summed E-state index contributed by atoms with van der Waals surface area (Å²) in [5, 5.41) is 9.45. The Morgan fingerprint density at radius 2 is 1.77 bits per heavy atom. The Labute approximate surface area is 157 Å². The van der Waals surface area contributed by atoms with Crippen molar-refractivity contribution < 1.29 is 9.90 Å². The highest BCUT2D eigenvalue weighted by atomic mass is 16.4. The number of aromatic carboxylic acids is 1. The molecular weight excluding hydrogens is 320 g/mol. The Morgan fingerprint density at radius 1 is 1.08 bits per heavy atom. The summed E-state index contributed by atoms with van der Waals surface area (Å²) < 4.78 is 0. The largest absolute Gasteiger partial charge is 0.478 e. The quantitative estimate of drug-likeness (QED) is 0.577. The molecule has 2 rings (SSSR count). The lowest BCUT2D eigenvalue weighted by molar-refractivity contribution is 0.0695. The van der Waals surface area contributed by atoms with Gasteiger partial charge < -0.3 is 5.11 Å². The van der Waals surface area contributed by atoms with E-state index in [2.05, 4.69) is 70.2 Å². The van der Waals surface area contributed by atoms with Crippen molar-refractivity contribution in [2.24, 2.45) is 0 Å². The van der Waals surface area contributed by atoms with Crippen molar-refractivity contribution >= 4 is 12.0 Å². The highest BCUT2D eigenvalue weighted by molar-refractivity contribution is 5.89. The molecule has 0 bridgehead atoms. The Morgan fingerprint density at radius 3 is 2.35 bits per heavy atom. The number of hydrogen-bond acceptors (Lipinski definition) is 1. The predicted molar refractivity (Wildman–Crippen MR) is 110 cm³/mol. The van der Waals surface area contributed by atoms with Crippen LogP contribution in [-0.4, -0.2) is 11.1 Å². The van der Waals surface area contributed by atoms with Crippen molar-refractivity contribution in [3.05, 3.63) is 76.4 Å². The van der Waals surface area contributed by atoms with Crippen LogP contribution in [0.25, 0.3) is 6.08 Å². The summed E-state index contributed by atoms with van der Waals surface area (Å²) in [6.45, 7) is 8.61. The Bertz CT molecular complexity index is 754. The van der Waals surface area contributed by atoms with Crippen molar-refractivity contribution in [3.63, 3.8) is 0 Å². The zero-order chi connectivity index (χ0) is 19.1. The zero-order valence-corrected chi connectivity index (χ0v) is 16.3. The number of carboxylic acids is 1. The van der Waals surface area contributed by atoms with Gasteiger partial charge in [-0.15, -0.1) is 0 Å². The fourth-order valence-electron chi connectivity index (χ4n) is 3.15. The van der Waals surface area contributed by atoms with Gasteiger partial charge in [-0.3, -0.25) is 0 Å². The van der Waals surface area contributed by atoms with Gasteiger partial charge in [-0.2, -0.15) is 0 Å². The summed E-state index contributed by atoms with van der Waals surface area (Å²) in [6, 6.07) is 14.4. The van der Waals surface area contributed by atoms with Gasteiger partial charge in [-0.1, -0.05) is 76.2 Å². The smallest absolute Gasteiger partial charge is 0.335 e. The monoisotopic (exact) mass is 350 g/mol. The van der Waals surface area contributed by atoms with Gasteiger partial charge in [-0.05, 0) is 59.4 Å². The fraction of sp³-hybridized carbons (Fsp3) is 0.375. The van der Waals surface area contributed by atoms with Crippen molar-refractivity contribution in [1.29, 1.82) is 0 Å². The zero-order valence-electron chi connectivity index (χ0n) is 16.3. The van der Waals surface area contributed by atoms with E-state index in [4.69, 9.17) is 0 Å². The van der Waals surface area contributed by atoms with Gasteiger partial charge in [0.25, 0.3) is 0 Å². The third kappa shape index (κ3) is 5.32. The van der Waals surface area contributed by atoms with E-state index < -0.39 is 5.97 Å². The minimum absolute atomic E-state index is 0.223. The van der Waals surface area contributed by atoms with Gasteiger partial charge >= 0.3 is 5.97 Å². The normalized spacial score (nSPS) is 12.7. The lowest BCUT2D eigenvalue weighted by atomic mass is 9.90. The number of hydrogen-bond donors (Lipinski definition) is 1. The van der Waals surface area contributed by atoms with Crippen molar-refractivity contribution in [3.8, 4) is 0 Å². The van der Waals surface area contributed by atoms with Crippen LogP contribution in [0.3, 0.4) is 0 Å². The van der Waals surface area contributed by atoms with Gasteiger partial charge in [0.05, 0.1) is 5.56 Å². The molecule has 0 radical (unpaired) electrons. The molecule has 0 fully saturated rings. The van der Waals surface area contributed by atoms with Crippen molar-refractivity contribution in [2.45, 2.75) is 58.8 Å². The molecule has 138 valence electrons. The van der Waals surface area contributed by atoms with Crippen LogP contribution in [0.2, 0.25) is 0 Å². The van der Waals surface area contributed by atoms with Crippen LogP contribution in [0.5, 0.6) is 0 Å². The van der Waals surface area contributed by atoms with E-state index in [0.29, 0.717) is 11.5 Å². The molecule has 2 aromatic carbocycles. The first-order chi connectivity index (χ1) is 12.4. The van der Waals surface area contributed by atoms with Crippen molar-refractivity contribution in [1.82, 2.24) is 0 Å². The summed E-state index contributed by atoms with van der Waals surface area (Å²) >= 11 is 0. The number of benzene rings is 2. The summed E-state index contributed by atoms with van der Waals surface area (Å²) in [5.41, 5.74) is 5.14. The van der Waals surface area contributed by atoms with Crippen LogP contribution in [0.15, 0.2) is 48.5 Å². The Kier molecular flexibility index (Phi) is 7.20. The Hall–Kier alpha value is -2.35. The molecule has 1 unspecified atom stereocenters. The van der Waals surface area contributed by atoms with E-state index in [1.807, 2.05) is 6.07 Å². The molecule has 2 aromatic rings. The van der Waals surface area contributed by atoms with E-state index in [1.165, 1.54) is 16.7 Å². The van der Waals surface area contributed by atoms with E-state index in [0.717, 1.165) is 24.8 Å². The molecule has 26 heavy (non-hydrogen) atoms. The fourth-order valence-corrected chi connectivity index (χ4v) is 3.15. The average Bonchev–Trinajstić information content (AvgIpc) is 2.64. The van der Waals surface area contributed by atoms with E-state index in [9.17, 15) is 9.90 Å². The number of allylic oxidation sites excluding steroid dienone is 1. The number of rotatable bonds is 8. The van der Waals surface area contributed by atoms with Gasteiger partial charge in [0.1, 0.15) is 0 Å². The SMILES string of the molecule is CCc1ccc(C(=O)O)c(C(C)CCC=Cc2ccc(C(C)C)cc2)c1. The maximum Gasteiger partial charge on any atom is 0.335 e. The molecular formula is C24H30O2. The Balaban J connectivity index is 2.00.